The highest BCUT2D eigenvalue weighted by Gasteiger charge is 2.20. The van der Waals surface area contributed by atoms with E-state index < -0.39 is 17.8 Å². The predicted octanol–water partition coefficient (Wildman–Crippen LogP) is 6.68. The second-order valence-electron chi connectivity index (χ2n) is 9.69. The van der Waals surface area contributed by atoms with Crippen molar-refractivity contribution in [2.24, 2.45) is 0 Å². The molecule has 0 saturated carbocycles. The summed E-state index contributed by atoms with van der Waals surface area (Å²) in [6.45, 7) is 9.36. The fourth-order valence-electron chi connectivity index (χ4n) is 4.12. The minimum absolute atomic E-state index is 0.121. The van der Waals surface area contributed by atoms with Crippen LogP contribution in [0.15, 0.2) is 72.8 Å². The van der Waals surface area contributed by atoms with E-state index in [4.69, 9.17) is 19.2 Å². The molecule has 0 aliphatic heterocycles. The number of esters is 2. The van der Waals surface area contributed by atoms with Gasteiger partial charge in [0.25, 0.3) is 5.91 Å². The van der Waals surface area contributed by atoms with E-state index in [1.54, 1.807) is 33.8 Å². The molecule has 4 aromatic rings. The van der Waals surface area contributed by atoms with Crippen LogP contribution in [-0.2, 0) is 9.47 Å². The highest BCUT2D eigenvalue weighted by atomic mass is 16.5. The Balaban J connectivity index is 1.75. The molecule has 1 aromatic heterocycles. The number of hydrogen-bond donors (Lipinski definition) is 1. The van der Waals surface area contributed by atoms with Crippen LogP contribution in [0.5, 0.6) is 5.75 Å². The normalized spacial score (nSPS) is 11.0. The number of ether oxygens (including phenoxy) is 3. The second kappa shape index (κ2) is 12.4. The van der Waals surface area contributed by atoms with Crippen LogP contribution in [0.3, 0.4) is 0 Å². The Hall–Kier alpha value is -4.72. The fraction of sp³-hybridized carbons (Fsp3) is 0.250. The van der Waals surface area contributed by atoms with Crippen molar-refractivity contribution in [2.75, 3.05) is 11.9 Å². The largest absolute Gasteiger partial charge is 0.494 e. The van der Waals surface area contributed by atoms with Crippen molar-refractivity contribution in [1.29, 1.82) is 0 Å². The predicted molar refractivity (Wildman–Crippen MR) is 154 cm³/mol. The lowest BCUT2D eigenvalue weighted by Crippen LogP contribution is -2.17. The van der Waals surface area contributed by atoms with Gasteiger partial charge in [0.15, 0.2) is 0 Å². The summed E-state index contributed by atoms with van der Waals surface area (Å²) in [7, 11) is 0. The zero-order chi connectivity index (χ0) is 28.8. The molecule has 0 atom stereocenters. The number of carbonyl (C=O) groups excluding carboxylic acids is 3. The number of benzene rings is 3. The highest BCUT2D eigenvalue weighted by molar-refractivity contribution is 6.13. The zero-order valence-electron chi connectivity index (χ0n) is 23.2. The van der Waals surface area contributed by atoms with E-state index in [2.05, 4.69) is 5.32 Å². The first-order valence-electron chi connectivity index (χ1n) is 13.2. The summed E-state index contributed by atoms with van der Waals surface area (Å²) in [5.41, 5.74) is 2.90. The quantitative estimate of drug-likeness (QED) is 0.236. The third kappa shape index (κ3) is 6.83. The number of carbonyl (C=O) groups is 3. The molecule has 4 rings (SSSR count). The lowest BCUT2D eigenvalue weighted by atomic mass is 10.0. The van der Waals surface area contributed by atoms with Gasteiger partial charge in [0, 0.05) is 16.6 Å². The molecule has 8 heteroatoms. The first-order valence-corrected chi connectivity index (χ1v) is 13.2. The molecular weight excluding hydrogens is 508 g/mol. The summed E-state index contributed by atoms with van der Waals surface area (Å²) in [5.74, 6) is -0.962. The van der Waals surface area contributed by atoms with Gasteiger partial charge in [-0.1, -0.05) is 30.3 Å². The van der Waals surface area contributed by atoms with Crippen LogP contribution in [0.1, 0.15) is 65.7 Å². The zero-order valence-corrected chi connectivity index (χ0v) is 23.2. The smallest absolute Gasteiger partial charge is 0.338 e. The molecule has 206 valence electrons. The maximum atomic E-state index is 13.7. The molecule has 3 aromatic carbocycles. The third-order valence-corrected chi connectivity index (χ3v) is 5.75. The maximum absolute atomic E-state index is 13.7. The van der Waals surface area contributed by atoms with E-state index in [9.17, 15) is 14.4 Å². The number of amides is 1. The van der Waals surface area contributed by atoms with Crippen LogP contribution in [0.4, 0.5) is 5.69 Å². The van der Waals surface area contributed by atoms with Gasteiger partial charge < -0.3 is 19.5 Å². The maximum Gasteiger partial charge on any atom is 0.338 e. The van der Waals surface area contributed by atoms with Crippen molar-refractivity contribution in [2.45, 2.75) is 46.8 Å². The van der Waals surface area contributed by atoms with Gasteiger partial charge in [-0.3, -0.25) is 4.79 Å². The van der Waals surface area contributed by atoms with Crippen LogP contribution in [-0.4, -0.2) is 41.6 Å². The number of anilines is 1. The Bertz CT molecular complexity index is 1520. The Morgan fingerprint density at radius 3 is 2.08 bits per heavy atom. The van der Waals surface area contributed by atoms with E-state index in [0.29, 0.717) is 34.5 Å². The lowest BCUT2D eigenvalue weighted by Gasteiger charge is -2.14. The number of nitrogens with zero attached hydrogens (tertiary/aromatic N) is 1. The first-order chi connectivity index (χ1) is 19.1. The van der Waals surface area contributed by atoms with E-state index >= 15 is 0 Å². The van der Waals surface area contributed by atoms with Crippen molar-refractivity contribution in [3.05, 3.63) is 89.5 Å². The summed E-state index contributed by atoms with van der Waals surface area (Å²) < 4.78 is 16.3. The molecule has 1 N–H and O–H groups in total. The molecule has 0 fully saturated rings. The van der Waals surface area contributed by atoms with Gasteiger partial charge in [0.1, 0.15) is 5.75 Å². The van der Waals surface area contributed by atoms with Crippen molar-refractivity contribution >= 4 is 34.4 Å². The van der Waals surface area contributed by atoms with Crippen molar-refractivity contribution < 1.29 is 28.6 Å². The number of rotatable bonds is 9. The van der Waals surface area contributed by atoms with Crippen LogP contribution < -0.4 is 10.1 Å². The van der Waals surface area contributed by atoms with Gasteiger partial charge in [-0.05, 0) is 77.1 Å². The van der Waals surface area contributed by atoms with Crippen LogP contribution >= 0.6 is 0 Å². The van der Waals surface area contributed by atoms with E-state index in [-0.39, 0.29) is 29.0 Å². The number of nitrogens with one attached hydrogen (secondary N) is 1. The minimum atomic E-state index is -0.615. The average Bonchev–Trinajstić information content (AvgIpc) is 2.91. The molecule has 1 heterocycles. The molecule has 0 unspecified atom stereocenters. The second-order valence-corrected chi connectivity index (χ2v) is 9.69. The van der Waals surface area contributed by atoms with Crippen molar-refractivity contribution in [3.63, 3.8) is 0 Å². The molecule has 8 nitrogen and oxygen atoms in total. The Labute approximate surface area is 233 Å². The van der Waals surface area contributed by atoms with Crippen molar-refractivity contribution in [1.82, 2.24) is 4.98 Å². The molecule has 0 saturated heterocycles. The molecule has 0 aliphatic carbocycles. The third-order valence-electron chi connectivity index (χ3n) is 5.75. The molecule has 0 radical (unpaired) electrons. The summed E-state index contributed by atoms with van der Waals surface area (Å²) in [6.07, 6.45) is -0.723. The van der Waals surface area contributed by atoms with Crippen molar-refractivity contribution in [3.8, 4) is 17.0 Å². The van der Waals surface area contributed by atoms with Crippen LogP contribution in [0.25, 0.3) is 22.2 Å². The summed E-state index contributed by atoms with van der Waals surface area (Å²) in [5, 5.41) is 3.50. The van der Waals surface area contributed by atoms with Gasteiger partial charge in [-0.25, -0.2) is 14.6 Å². The highest BCUT2D eigenvalue weighted by Crippen LogP contribution is 2.28. The van der Waals surface area contributed by atoms with Gasteiger partial charge >= 0.3 is 11.9 Å². The van der Waals surface area contributed by atoms with E-state index in [0.717, 1.165) is 5.56 Å². The topological polar surface area (TPSA) is 104 Å². The van der Waals surface area contributed by atoms with E-state index in [1.165, 1.54) is 18.2 Å². The Kier molecular flexibility index (Phi) is 8.79. The van der Waals surface area contributed by atoms with Gasteiger partial charge in [-0.2, -0.15) is 0 Å². The number of pyridine rings is 1. The number of hydrogen-bond acceptors (Lipinski definition) is 7. The molecule has 0 bridgehead atoms. The van der Waals surface area contributed by atoms with E-state index in [1.807, 2.05) is 55.5 Å². The Morgan fingerprint density at radius 1 is 0.800 bits per heavy atom. The summed E-state index contributed by atoms with van der Waals surface area (Å²) in [6, 6.07) is 20.9. The Morgan fingerprint density at radius 2 is 1.45 bits per heavy atom. The minimum Gasteiger partial charge on any atom is -0.494 e. The van der Waals surface area contributed by atoms with Crippen LogP contribution in [0.2, 0.25) is 0 Å². The molecule has 0 aliphatic rings. The SMILES string of the molecule is CCOc1cccc(-c2cc(C(=O)Nc3cc(C(=O)OC(C)C)cc(C(=O)OC(C)C)c3)c3ccccc3n2)c1. The standard InChI is InChI=1S/C32H32N2O6/c1-6-38-25-11-9-10-21(17-25)29-18-27(26-12-7-8-13-28(26)34-29)30(35)33-24-15-22(31(36)39-19(2)3)14-23(16-24)32(37)40-20(4)5/h7-20H,6H2,1-5H3,(H,33,35). The molecule has 40 heavy (non-hydrogen) atoms. The van der Waals surface area contributed by atoms with Gasteiger partial charge in [-0.15, -0.1) is 0 Å². The average molecular weight is 541 g/mol. The summed E-state index contributed by atoms with van der Waals surface area (Å²) >= 11 is 0. The number of para-hydroxylation sites is 1. The van der Waals surface area contributed by atoms with Gasteiger partial charge in [0.2, 0.25) is 0 Å². The molecular formula is C32H32N2O6. The number of fused-ring (bicyclic) bond motifs is 1. The fourth-order valence-corrected chi connectivity index (χ4v) is 4.12. The molecule has 1 amide bonds. The van der Waals surface area contributed by atoms with Crippen LogP contribution in [0, 0.1) is 0 Å². The number of aromatic nitrogens is 1. The lowest BCUT2D eigenvalue weighted by molar-refractivity contribution is 0.0377. The first kappa shape index (κ1) is 28.3. The van der Waals surface area contributed by atoms with Gasteiger partial charge in [0.05, 0.1) is 46.7 Å². The summed E-state index contributed by atoms with van der Waals surface area (Å²) in [4.78, 5) is 43.9. The monoisotopic (exact) mass is 540 g/mol. The molecule has 0 spiro atoms.